The first kappa shape index (κ1) is 14.4. The van der Waals surface area contributed by atoms with Crippen LogP contribution in [-0.2, 0) is 6.42 Å². The van der Waals surface area contributed by atoms with E-state index in [0.717, 1.165) is 18.4 Å². The topological polar surface area (TPSA) is 53.2 Å². The fourth-order valence-corrected chi connectivity index (χ4v) is 2.01. The molecule has 0 amide bonds. The molecule has 0 saturated carbocycles. The van der Waals surface area contributed by atoms with E-state index in [0.29, 0.717) is 5.56 Å². The summed E-state index contributed by atoms with van der Waals surface area (Å²) in [5.74, 6) is 0. The van der Waals surface area contributed by atoms with Gasteiger partial charge in [-0.2, -0.15) is 5.26 Å². The van der Waals surface area contributed by atoms with Gasteiger partial charge < -0.3 is 0 Å². The molecule has 0 fully saturated rings. The van der Waals surface area contributed by atoms with Crippen molar-refractivity contribution in [2.45, 2.75) is 51.9 Å². The van der Waals surface area contributed by atoms with Gasteiger partial charge in [0.25, 0.3) is 0 Å². The molecule has 0 aliphatic heterocycles. The van der Waals surface area contributed by atoms with Crippen LogP contribution in [0.25, 0.3) is 0 Å². The zero-order valence-corrected chi connectivity index (χ0v) is 11.0. The van der Waals surface area contributed by atoms with Crippen LogP contribution < -0.4 is 0 Å². The van der Waals surface area contributed by atoms with Crippen molar-refractivity contribution < 1.29 is 0 Å². The molecule has 0 spiro atoms. The summed E-state index contributed by atoms with van der Waals surface area (Å²) < 4.78 is 0. The van der Waals surface area contributed by atoms with Gasteiger partial charge in [-0.15, -0.1) is 4.91 Å². The first-order chi connectivity index (χ1) is 8.81. The fraction of sp³-hybridized carbons (Fsp3) is 0.533. The second-order valence-corrected chi connectivity index (χ2v) is 4.57. The van der Waals surface area contributed by atoms with Crippen molar-refractivity contribution in [1.29, 1.82) is 5.26 Å². The van der Waals surface area contributed by atoms with Crippen LogP contribution in [0.15, 0.2) is 23.4 Å². The molecule has 1 aromatic rings. The van der Waals surface area contributed by atoms with Gasteiger partial charge in [-0.3, -0.25) is 0 Å². The maximum atomic E-state index is 10.6. The van der Waals surface area contributed by atoms with Crippen molar-refractivity contribution >= 4 is 5.69 Å². The zero-order chi connectivity index (χ0) is 13.2. The van der Waals surface area contributed by atoms with E-state index < -0.39 is 0 Å². The highest BCUT2D eigenvalue weighted by Gasteiger charge is 2.03. The Bertz CT molecular complexity index is 421. The number of hydrogen-bond donors (Lipinski definition) is 0. The van der Waals surface area contributed by atoms with E-state index in [1.165, 1.54) is 32.1 Å². The van der Waals surface area contributed by atoms with Crippen LogP contribution in [0, 0.1) is 16.2 Å². The lowest BCUT2D eigenvalue weighted by molar-refractivity contribution is 0.607. The minimum atomic E-state index is 0.265. The molecular formula is C15H20N2O. The van der Waals surface area contributed by atoms with E-state index >= 15 is 0 Å². The molecule has 0 aromatic heterocycles. The Kier molecular flexibility index (Phi) is 6.71. The van der Waals surface area contributed by atoms with Gasteiger partial charge in [0.05, 0.1) is 5.56 Å². The first-order valence-electron chi connectivity index (χ1n) is 6.68. The van der Waals surface area contributed by atoms with Crippen LogP contribution in [-0.4, -0.2) is 0 Å². The van der Waals surface area contributed by atoms with Crippen molar-refractivity contribution in [3.8, 4) is 6.07 Å². The van der Waals surface area contributed by atoms with Gasteiger partial charge in [0.15, 0.2) is 0 Å². The van der Waals surface area contributed by atoms with Gasteiger partial charge in [0, 0.05) is 0 Å². The molecule has 3 nitrogen and oxygen atoms in total. The third kappa shape index (κ3) is 4.67. The monoisotopic (exact) mass is 244 g/mol. The summed E-state index contributed by atoms with van der Waals surface area (Å²) in [5, 5.41) is 11.7. The number of nitrogens with zero attached hydrogens (tertiary/aromatic N) is 2. The van der Waals surface area contributed by atoms with Crippen molar-refractivity contribution in [2.75, 3.05) is 0 Å². The van der Waals surface area contributed by atoms with Crippen LogP contribution in [0.5, 0.6) is 0 Å². The van der Waals surface area contributed by atoms with E-state index in [2.05, 4.69) is 12.1 Å². The predicted octanol–water partition coefficient (Wildman–Crippen LogP) is 4.86. The Morgan fingerprint density at radius 3 is 2.56 bits per heavy atom. The maximum absolute atomic E-state index is 10.6. The Labute approximate surface area is 109 Å². The number of hydrogen-bond acceptors (Lipinski definition) is 3. The highest BCUT2D eigenvalue weighted by molar-refractivity contribution is 5.54. The third-order valence-corrected chi connectivity index (χ3v) is 3.10. The summed E-state index contributed by atoms with van der Waals surface area (Å²) in [5.41, 5.74) is 1.72. The van der Waals surface area contributed by atoms with E-state index in [-0.39, 0.29) is 5.69 Å². The molecule has 0 radical (unpaired) electrons. The highest BCUT2D eigenvalue weighted by Crippen LogP contribution is 2.21. The normalized spacial score (nSPS) is 10.0. The molecule has 0 aliphatic rings. The maximum Gasteiger partial charge on any atom is 0.126 e. The van der Waals surface area contributed by atoms with Crippen molar-refractivity contribution in [3.63, 3.8) is 0 Å². The molecule has 96 valence electrons. The van der Waals surface area contributed by atoms with Crippen LogP contribution in [0.1, 0.15) is 56.6 Å². The zero-order valence-electron chi connectivity index (χ0n) is 11.0. The summed E-state index contributed by atoms with van der Waals surface area (Å²) in [6.45, 7) is 2.21. The van der Waals surface area contributed by atoms with Crippen molar-refractivity contribution in [2.24, 2.45) is 5.18 Å². The summed E-state index contributed by atoms with van der Waals surface area (Å²) >= 11 is 0. The molecule has 0 unspecified atom stereocenters. The van der Waals surface area contributed by atoms with Gasteiger partial charge in [-0.25, -0.2) is 0 Å². The molecule has 0 heterocycles. The Morgan fingerprint density at radius 2 is 1.89 bits per heavy atom. The second-order valence-electron chi connectivity index (χ2n) is 4.57. The summed E-state index contributed by atoms with van der Waals surface area (Å²) in [6, 6.07) is 7.30. The average Bonchev–Trinajstić information content (AvgIpc) is 2.42. The molecule has 3 heteroatoms. The largest absolute Gasteiger partial charge is 0.192 e. The molecule has 0 aliphatic carbocycles. The Morgan fingerprint density at radius 1 is 1.17 bits per heavy atom. The molecule has 1 rings (SSSR count). The second kappa shape index (κ2) is 8.41. The van der Waals surface area contributed by atoms with Crippen LogP contribution in [0.4, 0.5) is 5.69 Å². The predicted molar refractivity (Wildman–Crippen MR) is 73.7 cm³/mol. The standard InChI is InChI=1S/C15H20N2O/c1-2-3-4-5-6-7-8-13-9-10-14(12-16)15(11-13)17-18/h9-11H,2-8H2,1H3. The molecule has 0 saturated heterocycles. The molecular weight excluding hydrogens is 224 g/mol. The average molecular weight is 244 g/mol. The number of unbranched alkanes of at least 4 members (excludes halogenated alkanes) is 5. The lowest BCUT2D eigenvalue weighted by Crippen LogP contribution is -1.87. The van der Waals surface area contributed by atoms with Gasteiger partial charge in [0.2, 0.25) is 0 Å². The smallest absolute Gasteiger partial charge is 0.126 e. The van der Waals surface area contributed by atoms with Crippen molar-refractivity contribution in [3.05, 3.63) is 34.2 Å². The van der Waals surface area contributed by atoms with Gasteiger partial charge in [0.1, 0.15) is 11.8 Å². The first-order valence-corrected chi connectivity index (χ1v) is 6.68. The van der Waals surface area contributed by atoms with Crippen molar-refractivity contribution in [1.82, 2.24) is 0 Å². The number of nitriles is 1. The Hall–Kier alpha value is -1.69. The summed E-state index contributed by atoms with van der Waals surface area (Å²) in [7, 11) is 0. The number of benzene rings is 1. The summed E-state index contributed by atoms with van der Waals surface area (Å²) in [6.07, 6.45) is 8.49. The Balaban J connectivity index is 2.39. The highest BCUT2D eigenvalue weighted by atomic mass is 16.3. The minimum Gasteiger partial charge on any atom is -0.192 e. The van der Waals surface area contributed by atoms with E-state index in [1.807, 2.05) is 12.1 Å². The van der Waals surface area contributed by atoms with E-state index in [1.54, 1.807) is 12.1 Å². The quantitative estimate of drug-likeness (QED) is 0.484. The fourth-order valence-electron chi connectivity index (χ4n) is 2.01. The number of aryl methyl sites for hydroxylation is 1. The molecule has 18 heavy (non-hydrogen) atoms. The molecule has 0 bridgehead atoms. The van der Waals surface area contributed by atoms with Crippen LogP contribution >= 0.6 is 0 Å². The van der Waals surface area contributed by atoms with Gasteiger partial charge >= 0.3 is 0 Å². The molecule has 0 N–H and O–H groups in total. The van der Waals surface area contributed by atoms with Crippen LogP contribution in [0.3, 0.4) is 0 Å². The minimum absolute atomic E-state index is 0.265. The summed E-state index contributed by atoms with van der Waals surface area (Å²) in [4.78, 5) is 10.6. The molecule has 0 atom stereocenters. The van der Waals surface area contributed by atoms with Crippen LogP contribution in [0.2, 0.25) is 0 Å². The lowest BCUT2D eigenvalue weighted by atomic mass is 10.0. The lowest BCUT2D eigenvalue weighted by Gasteiger charge is -2.03. The number of rotatable bonds is 8. The van der Waals surface area contributed by atoms with Gasteiger partial charge in [-0.1, -0.05) is 45.1 Å². The van der Waals surface area contributed by atoms with E-state index in [4.69, 9.17) is 5.26 Å². The van der Waals surface area contributed by atoms with Gasteiger partial charge in [-0.05, 0) is 35.7 Å². The number of nitroso groups, excluding NO2 is 1. The SMILES string of the molecule is CCCCCCCCc1ccc(C#N)c(N=O)c1. The van der Waals surface area contributed by atoms with E-state index in [9.17, 15) is 4.91 Å². The molecule has 1 aromatic carbocycles. The third-order valence-electron chi connectivity index (χ3n) is 3.10.